The summed E-state index contributed by atoms with van der Waals surface area (Å²) in [5, 5.41) is 3.14. The summed E-state index contributed by atoms with van der Waals surface area (Å²) >= 11 is 6.09. The van der Waals surface area contributed by atoms with E-state index in [1.807, 2.05) is 4.90 Å². The second-order valence-electron chi connectivity index (χ2n) is 6.38. The molecular weight excluding hydrogens is 359 g/mol. The van der Waals surface area contributed by atoms with Crippen LogP contribution >= 0.6 is 11.6 Å². The van der Waals surface area contributed by atoms with Crippen molar-refractivity contribution in [1.29, 1.82) is 0 Å². The first-order valence-electron chi connectivity index (χ1n) is 8.37. The summed E-state index contributed by atoms with van der Waals surface area (Å²) < 4.78 is 13.0. The van der Waals surface area contributed by atoms with Crippen LogP contribution in [0.2, 0.25) is 5.02 Å². The van der Waals surface area contributed by atoms with Crippen LogP contribution < -0.4 is 20.1 Å². The van der Waals surface area contributed by atoms with Crippen LogP contribution in [0.15, 0.2) is 36.5 Å². The summed E-state index contributed by atoms with van der Waals surface area (Å²) in [6.45, 7) is 0.652. The van der Waals surface area contributed by atoms with Gasteiger partial charge in [0.1, 0.15) is 24.2 Å². The number of hydrogen-bond donors (Lipinski definition) is 1. The molecule has 0 radical (unpaired) electrons. The van der Waals surface area contributed by atoms with Crippen LogP contribution in [-0.2, 0) is 9.59 Å². The van der Waals surface area contributed by atoms with E-state index in [1.165, 1.54) is 29.2 Å². The van der Waals surface area contributed by atoms with Gasteiger partial charge in [-0.25, -0.2) is 14.3 Å². The fraction of sp³-hybridized carbons (Fsp3) is 0.278. The Morgan fingerprint density at radius 3 is 2.88 bits per heavy atom. The Labute approximate surface area is 154 Å². The number of pyridine rings is 1. The van der Waals surface area contributed by atoms with Crippen LogP contribution in [0.3, 0.4) is 0 Å². The normalized spacial score (nSPS) is 18.5. The quantitative estimate of drug-likeness (QED) is 0.894. The highest BCUT2D eigenvalue weighted by Gasteiger charge is 2.47. The summed E-state index contributed by atoms with van der Waals surface area (Å²) in [5.41, 5.74) is 1.07. The number of benzene rings is 1. The second kappa shape index (κ2) is 6.57. The van der Waals surface area contributed by atoms with E-state index in [2.05, 4.69) is 10.3 Å². The number of halogens is 2. The van der Waals surface area contributed by atoms with Crippen molar-refractivity contribution in [3.8, 4) is 0 Å². The van der Waals surface area contributed by atoms with Crippen molar-refractivity contribution in [3.05, 3.63) is 47.4 Å². The molecule has 1 unspecified atom stereocenters. The van der Waals surface area contributed by atoms with Gasteiger partial charge < -0.3 is 5.32 Å². The van der Waals surface area contributed by atoms with Gasteiger partial charge in [0.2, 0.25) is 5.91 Å². The first kappa shape index (κ1) is 16.8. The van der Waals surface area contributed by atoms with E-state index >= 15 is 0 Å². The molecule has 2 amide bonds. The third-order valence-corrected chi connectivity index (χ3v) is 4.89. The summed E-state index contributed by atoms with van der Waals surface area (Å²) in [7, 11) is 0. The smallest absolute Gasteiger partial charge is 0.299 e. The highest BCUT2D eigenvalue weighted by molar-refractivity contribution is 6.30. The highest BCUT2D eigenvalue weighted by atomic mass is 35.5. The van der Waals surface area contributed by atoms with E-state index < -0.39 is 0 Å². The Bertz CT molecular complexity index is 874. The lowest BCUT2D eigenvalue weighted by atomic mass is 10.1. The maximum Gasteiger partial charge on any atom is 0.299 e. The third kappa shape index (κ3) is 2.99. The zero-order chi connectivity index (χ0) is 18.3. The summed E-state index contributed by atoms with van der Waals surface area (Å²) in [6, 6.07) is 6.90. The zero-order valence-electron chi connectivity index (χ0n) is 13.8. The molecule has 26 heavy (non-hydrogen) atoms. The molecule has 1 fully saturated rings. The van der Waals surface area contributed by atoms with E-state index in [1.54, 1.807) is 12.3 Å². The first-order chi connectivity index (χ1) is 12.5. The van der Waals surface area contributed by atoms with Crippen molar-refractivity contribution in [2.45, 2.75) is 18.9 Å². The Kier molecular flexibility index (Phi) is 4.24. The number of aromatic nitrogens is 1. The number of amides is 2. The number of fused-ring (bicyclic) bond motifs is 3. The van der Waals surface area contributed by atoms with Gasteiger partial charge in [-0.2, -0.15) is 0 Å². The van der Waals surface area contributed by atoms with E-state index in [0.717, 1.165) is 25.2 Å². The van der Waals surface area contributed by atoms with E-state index in [4.69, 9.17) is 11.6 Å². The molecule has 1 aromatic carbocycles. The summed E-state index contributed by atoms with van der Waals surface area (Å²) in [6.07, 6.45) is 3.34. The fourth-order valence-corrected chi connectivity index (χ4v) is 3.68. The van der Waals surface area contributed by atoms with Gasteiger partial charge in [-0.1, -0.05) is 11.6 Å². The number of anilines is 3. The molecule has 0 bridgehead atoms. The Morgan fingerprint density at radius 1 is 1.35 bits per heavy atom. The number of carbonyl (C=O) groups excluding carboxylic acids is 2. The molecule has 4 rings (SSSR count). The molecule has 0 spiro atoms. The molecule has 6 nitrogen and oxygen atoms in total. The van der Waals surface area contributed by atoms with Crippen LogP contribution in [-0.4, -0.2) is 30.9 Å². The molecule has 3 heterocycles. The average molecular weight is 376 g/mol. The molecule has 1 atom stereocenters. The maximum atomic E-state index is 13.0. The van der Waals surface area contributed by atoms with Crippen LogP contribution in [0.1, 0.15) is 12.8 Å². The van der Waals surface area contributed by atoms with E-state index in [9.17, 15) is 14.0 Å². The Hall–Kier alpha value is -2.67. The van der Waals surface area contributed by atoms with Gasteiger partial charge in [-0.05, 0) is 36.8 Å². The van der Waals surface area contributed by atoms with Gasteiger partial charge >= 0.3 is 0 Å². The molecule has 0 saturated carbocycles. The lowest BCUT2D eigenvalue weighted by molar-refractivity contribution is -0.363. The number of H-pyrrole nitrogens is 1. The maximum absolute atomic E-state index is 13.0. The van der Waals surface area contributed by atoms with Gasteiger partial charge in [0.05, 0.1) is 11.6 Å². The molecule has 2 aliphatic heterocycles. The summed E-state index contributed by atoms with van der Waals surface area (Å²) in [4.78, 5) is 32.0. The minimum atomic E-state index is -0.380. The molecule has 2 N–H and O–H groups in total. The number of carbonyl (C=O) groups is 2. The Morgan fingerprint density at radius 2 is 2.12 bits per heavy atom. The molecule has 1 saturated heterocycles. The molecular formula is C18H17ClFN4O2+. The van der Waals surface area contributed by atoms with Crippen molar-refractivity contribution < 1.29 is 19.0 Å². The van der Waals surface area contributed by atoms with Crippen molar-refractivity contribution in [3.63, 3.8) is 0 Å². The van der Waals surface area contributed by atoms with E-state index in [-0.39, 0.29) is 30.2 Å². The van der Waals surface area contributed by atoms with Gasteiger partial charge in [-0.15, -0.1) is 0 Å². The average Bonchev–Trinajstić information content (AvgIpc) is 3.10. The van der Waals surface area contributed by atoms with E-state index in [0.29, 0.717) is 16.4 Å². The summed E-state index contributed by atoms with van der Waals surface area (Å²) in [5.74, 6) is -0.0528. The zero-order valence-corrected chi connectivity index (χ0v) is 14.6. The van der Waals surface area contributed by atoms with Crippen LogP contribution in [0.5, 0.6) is 0 Å². The molecule has 134 valence electrons. The predicted octanol–water partition coefficient (Wildman–Crippen LogP) is 2.25. The highest BCUT2D eigenvalue weighted by Crippen LogP contribution is 2.37. The van der Waals surface area contributed by atoms with Crippen molar-refractivity contribution in [2.75, 3.05) is 28.2 Å². The van der Waals surface area contributed by atoms with Crippen molar-refractivity contribution in [2.24, 2.45) is 0 Å². The number of nitrogens with zero attached hydrogens (tertiary/aromatic N) is 2. The first-order valence-corrected chi connectivity index (χ1v) is 8.75. The molecule has 8 heteroatoms. The number of nitrogens with one attached hydrogen (secondary N) is 2. The second-order valence-corrected chi connectivity index (χ2v) is 6.82. The molecule has 2 aliphatic rings. The Balaban J connectivity index is 1.60. The molecule has 0 aliphatic carbocycles. The van der Waals surface area contributed by atoms with Crippen molar-refractivity contribution >= 4 is 40.6 Å². The number of hydrogen-bond acceptors (Lipinski definition) is 3. The van der Waals surface area contributed by atoms with Crippen molar-refractivity contribution in [1.82, 2.24) is 0 Å². The lowest BCUT2D eigenvalue weighted by Gasteiger charge is -2.33. The van der Waals surface area contributed by atoms with Crippen LogP contribution in [0.25, 0.3) is 0 Å². The SMILES string of the molecule is O=C(CN1C(=O)C2CCCN2c2[nH+]cc(Cl)cc21)Nc1ccc(F)cc1. The lowest BCUT2D eigenvalue weighted by Crippen LogP contribution is -2.54. The number of rotatable bonds is 3. The van der Waals surface area contributed by atoms with Gasteiger partial charge in [0, 0.05) is 12.1 Å². The van der Waals surface area contributed by atoms with Gasteiger partial charge in [0.15, 0.2) is 6.04 Å². The van der Waals surface area contributed by atoms with Crippen LogP contribution in [0.4, 0.5) is 21.6 Å². The van der Waals surface area contributed by atoms with Gasteiger partial charge in [0.25, 0.3) is 11.7 Å². The standard InChI is InChI=1S/C18H16ClFN4O2/c19-11-8-15-17(21-9-11)23-7-1-2-14(23)18(26)24(15)10-16(25)22-13-5-3-12(20)4-6-13/h3-6,8-9,14H,1-2,7,10H2,(H,22,25)/p+1. The minimum absolute atomic E-state index is 0.111. The topological polar surface area (TPSA) is 66.8 Å². The monoisotopic (exact) mass is 375 g/mol. The minimum Gasteiger partial charge on any atom is -0.325 e. The van der Waals surface area contributed by atoms with Crippen LogP contribution in [0, 0.1) is 5.82 Å². The predicted molar refractivity (Wildman–Crippen MR) is 95.8 cm³/mol. The molecule has 1 aromatic heterocycles. The largest absolute Gasteiger partial charge is 0.325 e. The third-order valence-electron chi connectivity index (χ3n) is 4.68. The fourth-order valence-electron chi connectivity index (χ4n) is 3.52. The number of aromatic amines is 1. The molecule has 2 aromatic rings. The van der Waals surface area contributed by atoms with Gasteiger partial charge in [-0.3, -0.25) is 14.5 Å².